The van der Waals surface area contributed by atoms with E-state index in [2.05, 4.69) is 32.7 Å². The fraction of sp³-hybridized carbons (Fsp3) is 0.941. The molecule has 0 spiro atoms. The van der Waals surface area contributed by atoms with Crippen molar-refractivity contribution in [3.63, 3.8) is 0 Å². The molecule has 1 aliphatic carbocycles. The standard InChI is InChI=1S/C17H33N3O2/c1-6-19(5)11-13-8-9-20(12-13)15(21)17(18)10-14(22-7-2)16(17,3)4/h13-14H,6-12,18H2,1-5H3. The summed E-state index contributed by atoms with van der Waals surface area (Å²) in [6, 6.07) is 0. The van der Waals surface area contributed by atoms with Crippen molar-refractivity contribution in [1.29, 1.82) is 0 Å². The van der Waals surface area contributed by atoms with Crippen molar-refractivity contribution in [2.24, 2.45) is 17.1 Å². The Morgan fingerprint density at radius 1 is 1.41 bits per heavy atom. The molecule has 128 valence electrons. The lowest BCUT2D eigenvalue weighted by molar-refractivity contribution is -0.178. The van der Waals surface area contributed by atoms with Crippen molar-refractivity contribution < 1.29 is 9.53 Å². The smallest absolute Gasteiger partial charge is 0.243 e. The lowest BCUT2D eigenvalue weighted by atomic mass is 9.54. The zero-order valence-corrected chi connectivity index (χ0v) is 14.9. The summed E-state index contributed by atoms with van der Waals surface area (Å²) in [7, 11) is 2.14. The first-order valence-corrected chi connectivity index (χ1v) is 8.64. The number of carbonyl (C=O) groups excluding carboxylic acids is 1. The van der Waals surface area contributed by atoms with E-state index in [4.69, 9.17) is 10.5 Å². The fourth-order valence-corrected chi connectivity index (χ4v) is 3.82. The van der Waals surface area contributed by atoms with E-state index < -0.39 is 5.54 Å². The Bertz CT molecular complexity index is 413. The molecule has 1 amide bonds. The van der Waals surface area contributed by atoms with Gasteiger partial charge in [0.15, 0.2) is 0 Å². The van der Waals surface area contributed by atoms with E-state index in [-0.39, 0.29) is 17.4 Å². The second-order valence-electron chi connectivity index (χ2n) is 7.60. The first-order chi connectivity index (χ1) is 10.3. The zero-order valence-electron chi connectivity index (χ0n) is 14.9. The maximum absolute atomic E-state index is 12.9. The van der Waals surface area contributed by atoms with Gasteiger partial charge >= 0.3 is 0 Å². The lowest BCUT2D eigenvalue weighted by Gasteiger charge is -2.58. The molecular formula is C17H33N3O2. The molecule has 0 radical (unpaired) electrons. The van der Waals surface area contributed by atoms with Crippen LogP contribution in [-0.2, 0) is 9.53 Å². The third kappa shape index (κ3) is 2.91. The van der Waals surface area contributed by atoms with Gasteiger partial charge in [0.2, 0.25) is 5.91 Å². The van der Waals surface area contributed by atoms with Crippen LogP contribution in [0.1, 0.15) is 40.5 Å². The highest BCUT2D eigenvalue weighted by Gasteiger charge is 2.64. The van der Waals surface area contributed by atoms with Crippen LogP contribution in [0.4, 0.5) is 0 Å². The zero-order chi connectivity index (χ0) is 16.5. The van der Waals surface area contributed by atoms with Gasteiger partial charge in [0, 0.05) is 38.1 Å². The highest BCUT2D eigenvalue weighted by molar-refractivity contribution is 5.89. The number of nitrogens with two attached hydrogens (primary N) is 1. The van der Waals surface area contributed by atoms with Gasteiger partial charge in [0.05, 0.1) is 6.10 Å². The maximum atomic E-state index is 12.9. The van der Waals surface area contributed by atoms with Crippen molar-refractivity contribution in [1.82, 2.24) is 9.80 Å². The van der Waals surface area contributed by atoms with Gasteiger partial charge in [0.25, 0.3) is 0 Å². The van der Waals surface area contributed by atoms with E-state index in [1.807, 2.05) is 11.8 Å². The average molecular weight is 311 g/mol. The van der Waals surface area contributed by atoms with Crippen LogP contribution < -0.4 is 5.73 Å². The summed E-state index contributed by atoms with van der Waals surface area (Å²) >= 11 is 0. The number of carbonyl (C=O) groups is 1. The molecule has 0 aromatic rings. The number of ether oxygens (including phenoxy) is 1. The number of rotatable bonds is 6. The third-order valence-corrected chi connectivity index (χ3v) is 5.89. The van der Waals surface area contributed by atoms with Gasteiger partial charge in [0.1, 0.15) is 5.54 Å². The molecule has 1 heterocycles. The number of nitrogens with zero attached hydrogens (tertiary/aromatic N) is 2. The summed E-state index contributed by atoms with van der Waals surface area (Å²) in [6.07, 6.45) is 1.82. The fourth-order valence-electron chi connectivity index (χ4n) is 3.82. The summed E-state index contributed by atoms with van der Waals surface area (Å²) in [6.45, 7) is 12.7. The highest BCUT2D eigenvalue weighted by Crippen LogP contribution is 2.50. The predicted molar refractivity (Wildman–Crippen MR) is 88.6 cm³/mol. The quantitative estimate of drug-likeness (QED) is 0.804. The Morgan fingerprint density at radius 2 is 2.09 bits per heavy atom. The summed E-state index contributed by atoms with van der Waals surface area (Å²) in [4.78, 5) is 17.2. The number of amides is 1. The van der Waals surface area contributed by atoms with Gasteiger partial charge in [-0.3, -0.25) is 4.79 Å². The number of likely N-dealkylation sites (tertiary alicyclic amines) is 1. The minimum Gasteiger partial charge on any atom is -0.378 e. The van der Waals surface area contributed by atoms with Crippen LogP contribution in [-0.4, -0.2) is 67.2 Å². The van der Waals surface area contributed by atoms with Crippen LogP contribution in [0.25, 0.3) is 0 Å². The molecule has 2 rings (SSSR count). The van der Waals surface area contributed by atoms with Crippen molar-refractivity contribution in [2.45, 2.75) is 52.2 Å². The van der Waals surface area contributed by atoms with Gasteiger partial charge in [-0.2, -0.15) is 0 Å². The molecule has 0 aromatic carbocycles. The topological polar surface area (TPSA) is 58.8 Å². The second-order valence-corrected chi connectivity index (χ2v) is 7.60. The van der Waals surface area contributed by atoms with Gasteiger partial charge < -0.3 is 20.3 Å². The van der Waals surface area contributed by atoms with Crippen molar-refractivity contribution in [2.75, 3.05) is 39.8 Å². The maximum Gasteiger partial charge on any atom is 0.243 e. The summed E-state index contributed by atoms with van der Waals surface area (Å²) < 4.78 is 5.73. The van der Waals surface area contributed by atoms with E-state index in [1.165, 1.54) is 0 Å². The molecule has 5 nitrogen and oxygen atoms in total. The van der Waals surface area contributed by atoms with E-state index >= 15 is 0 Å². The van der Waals surface area contributed by atoms with E-state index in [1.54, 1.807) is 0 Å². The second kappa shape index (κ2) is 6.46. The summed E-state index contributed by atoms with van der Waals surface area (Å²) in [5.41, 5.74) is 5.46. The van der Waals surface area contributed by atoms with Crippen molar-refractivity contribution in [3.8, 4) is 0 Å². The summed E-state index contributed by atoms with van der Waals surface area (Å²) in [5.74, 6) is 0.693. The molecule has 1 saturated carbocycles. The minimum atomic E-state index is -0.765. The van der Waals surface area contributed by atoms with Crippen molar-refractivity contribution in [3.05, 3.63) is 0 Å². The predicted octanol–water partition coefficient (Wildman–Crippen LogP) is 1.32. The third-order valence-electron chi connectivity index (χ3n) is 5.89. The molecule has 3 atom stereocenters. The van der Waals surface area contributed by atoms with Gasteiger partial charge in [-0.1, -0.05) is 20.8 Å². The molecule has 0 bridgehead atoms. The molecular weight excluding hydrogens is 278 g/mol. The first kappa shape index (κ1) is 17.7. The highest BCUT2D eigenvalue weighted by atomic mass is 16.5. The van der Waals surface area contributed by atoms with E-state index in [0.29, 0.717) is 18.9 Å². The number of hydrogen-bond acceptors (Lipinski definition) is 4. The molecule has 1 aliphatic heterocycles. The van der Waals surface area contributed by atoms with E-state index in [0.717, 1.165) is 32.6 Å². The molecule has 3 unspecified atom stereocenters. The molecule has 5 heteroatoms. The van der Waals surface area contributed by atoms with Crippen LogP contribution >= 0.6 is 0 Å². The van der Waals surface area contributed by atoms with Crippen LogP contribution in [0.15, 0.2) is 0 Å². The molecule has 1 saturated heterocycles. The first-order valence-electron chi connectivity index (χ1n) is 8.64. The lowest BCUT2D eigenvalue weighted by Crippen LogP contribution is -2.75. The Balaban J connectivity index is 1.95. The Hall–Kier alpha value is -0.650. The van der Waals surface area contributed by atoms with Crippen LogP contribution in [0, 0.1) is 11.3 Å². The molecule has 22 heavy (non-hydrogen) atoms. The van der Waals surface area contributed by atoms with Crippen LogP contribution in [0.2, 0.25) is 0 Å². The molecule has 2 N–H and O–H groups in total. The van der Waals surface area contributed by atoms with E-state index in [9.17, 15) is 4.79 Å². The Labute approximate surface area is 135 Å². The largest absolute Gasteiger partial charge is 0.378 e. The molecule has 2 aliphatic rings. The van der Waals surface area contributed by atoms with Crippen molar-refractivity contribution >= 4 is 5.91 Å². The molecule has 2 fully saturated rings. The monoisotopic (exact) mass is 311 g/mol. The SMILES string of the molecule is CCOC1CC(N)(C(=O)N2CCC(CN(C)CC)C2)C1(C)C. The summed E-state index contributed by atoms with van der Waals surface area (Å²) in [5, 5.41) is 0. The normalized spacial score (nSPS) is 34.0. The molecule has 0 aromatic heterocycles. The Morgan fingerprint density at radius 3 is 2.64 bits per heavy atom. The van der Waals surface area contributed by atoms with Crippen LogP contribution in [0.3, 0.4) is 0 Å². The number of hydrogen-bond donors (Lipinski definition) is 1. The Kier molecular flexibility index (Phi) is 5.20. The minimum absolute atomic E-state index is 0.0936. The van der Waals surface area contributed by atoms with Gasteiger partial charge in [-0.15, -0.1) is 0 Å². The van der Waals surface area contributed by atoms with Gasteiger partial charge in [-0.05, 0) is 32.9 Å². The van der Waals surface area contributed by atoms with Gasteiger partial charge in [-0.25, -0.2) is 0 Å². The average Bonchev–Trinajstić information content (AvgIpc) is 2.94. The van der Waals surface area contributed by atoms with Crippen LogP contribution in [0.5, 0.6) is 0 Å².